The molecule has 30 heavy (non-hydrogen) atoms. The molecule has 7 heteroatoms. The van der Waals surface area contributed by atoms with Crippen LogP contribution in [-0.4, -0.2) is 76.8 Å². The number of hydrogen-bond donors (Lipinski definition) is 0. The summed E-state index contributed by atoms with van der Waals surface area (Å²) in [6.45, 7) is 8.37. The Bertz CT molecular complexity index is 961. The van der Waals surface area contributed by atoms with Crippen LogP contribution >= 0.6 is 0 Å². The monoisotopic (exact) mass is 408 g/mol. The summed E-state index contributed by atoms with van der Waals surface area (Å²) in [5.74, 6) is -1.29. The number of rotatable bonds is 6. The lowest BCUT2D eigenvalue weighted by Gasteiger charge is -2.36. The van der Waals surface area contributed by atoms with Crippen LogP contribution in [-0.2, 0) is 16.1 Å². The summed E-state index contributed by atoms with van der Waals surface area (Å²) in [5, 5.41) is 2.52. The fourth-order valence-corrected chi connectivity index (χ4v) is 4.16. The summed E-state index contributed by atoms with van der Waals surface area (Å²) in [6.07, 6.45) is 0. The van der Waals surface area contributed by atoms with Crippen LogP contribution in [0.5, 0.6) is 0 Å². The predicted molar refractivity (Wildman–Crippen MR) is 114 cm³/mol. The van der Waals surface area contributed by atoms with Crippen LogP contribution in [0.4, 0.5) is 4.79 Å². The van der Waals surface area contributed by atoms with Gasteiger partial charge in [0, 0.05) is 39.3 Å². The maximum Gasteiger partial charge on any atom is 0.335 e. The molecule has 0 unspecified atom stereocenters. The summed E-state index contributed by atoms with van der Waals surface area (Å²) in [7, 11) is 0. The number of piperazine rings is 1. The molecule has 2 aliphatic rings. The molecule has 2 fully saturated rings. The second-order valence-electron chi connectivity index (χ2n) is 8.50. The number of hydrogen-bond acceptors (Lipinski definition) is 5. The van der Waals surface area contributed by atoms with E-state index < -0.39 is 17.8 Å². The van der Waals surface area contributed by atoms with E-state index in [1.54, 1.807) is 0 Å². The van der Waals surface area contributed by atoms with Crippen LogP contribution in [0.15, 0.2) is 42.5 Å². The summed E-state index contributed by atoms with van der Waals surface area (Å²) < 4.78 is 0. The molecular formula is C23H28N4O3. The molecule has 2 aromatic carbocycles. The van der Waals surface area contributed by atoms with E-state index in [0.29, 0.717) is 0 Å². The number of benzene rings is 2. The number of nitrogens with zero attached hydrogens (tertiary/aromatic N) is 4. The maximum absolute atomic E-state index is 12.5. The average Bonchev–Trinajstić information content (AvgIpc) is 2.93. The second-order valence-corrected chi connectivity index (χ2v) is 8.50. The van der Waals surface area contributed by atoms with E-state index in [4.69, 9.17) is 0 Å². The fraction of sp³-hybridized carbons (Fsp3) is 0.435. The Morgan fingerprint density at radius 3 is 2.17 bits per heavy atom. The quantitative estimate of drug-likeness (QED) is 0.542. The molecule has 0 aromatic heterocycles. The second kappa shape index (κ2) is 8.53. The molecule has 2 aliphatic heterocycles. The van der Waals surface area contributed by atoms with Gasteiger partial charge in [0.25, 0.3) is 0 Å². The fourth-order valence-electron chi connectivity index (χ4n) is 4.16. The van der Waals surface area contributed by atoms with Crippen molar-refractivity contribution in [2.75, 3.05) is 39.4 Å². The topological polar surface area (TPSA) is 64.2 Å². The minimum atomic E-state index is -0.709. The van der Waals surface area contributed by atoms with Crippen molar-refractivity contribution in [2.24, 2.45) is 5.92 Å². The molecule has 0 atom stereocenters. The van der Waals surface area contributed by atoms with Gasteiger partial charge in [-0.1, -0.05) is 56.3 Å². The lowest BCUT2D eigenvalue weighted by Crippen LogP contribution is -2.51. The Balaban J connectivity index is 1.34. The van der Waals surface area contributed by atoms with Gasteiger partial charge < -0.3 is 0 Å². The molecule has 0 bridgehead atoms. The molecule has 0 saturated carbocycles. The first-order chi connectivity index (χ1) is 14.4. The van der Waals surface area contributed by atoms with E-state index in [0.717, 1.165) is 42.5 Å². The lowest BCUT2D eigenvalue weighted by molar-refractivity contribution is -0.144. The van der Waals surface area contributed by atoms with Crippen molar-refractivity contribution in [3.8, 4) is 0 Å². The highest BCUT2D eigenvalue weighted by Crippen LogP contribution is 2.21. The van der Waals surface area contributed by atoms with Gasteiger partial charge in [-0.2, -0.15) is 0 Å². The van der Waals surface area contributed by atoms with Gasteiger partial charge in [-0.3, -0.25) is 24.3 Å². The van der Waals surface area contributed by atoms with E-state index in [1.165, 1.54) is 16.3 Å². The van der Waals surface area contributed by atoms with Gasteiger partial charge in [0.15, 0.2) is 0 Å². The van der Waals surface area contributed by atoms with Crippen LogP contribution in [0.25, 0.3) is 10.8 Å². The van der Waals surface area contributed by atoms with Crippen molar-refractivity contribution in [3.63, 3.8) is 0 Å². The highest BCUT2D eigenvalue weighted by molar-refractivity contribution is 6.44. The highest BCUT2D eigenvalue weighted by Gasteiger charge is 2.45. The predicted octanol–water partition coefficient (Wildman–Crippen LogP) is 2.36. The van der Waals surface area contributed by atoms with E-state index in [1.807, 2.05) is 13.8 Å². The van der Waals surface area contributed by atoms with Crippen molar-refractivity contribution >= 4 is 28.6 Å². The first kappa shape index (κ1) is 20.5. The van der Waals surface area contributed by atoms with Crippen molar-refractivity contribution in [3.05, 3.63) is 48.0 Å². The molecule has 4 amide bonds. The number of carbonyl (C=O) groups excluding carboxylic acids is 3. The SMILES string of the molecule is CC(C)CN1C(=O)C(=O)N(CN2CCN(Cc3cccc4ccccc34)CC2)C1=O. The third-order valence-corrected chi connectivity index (χ3v) is 5.76. The first-order valence-electron chi connectivity index (χ1n) is 10.5. The molecule has 158 valence electrons. The van der Waals surface area contributed by atoms with Gasteiger partial charge in [0.1, 0.15) is 0 Å². The van der Waals surface area contributed by atoms with Gasteiger partial charge in [0.2, 0.25) is 0 Å². The zero-order valence-electron chi connectivity index (χ0n) is 17.6. The molecule has 2 heterocycles. The Hall–Kier alpha value is -2.77. The van der Waals surface area contributed by atoms with Gasteiger partial charge in [-0.25, -0.2) is 9.69 Å². The molecule has 0 spiro atoms. The number of urea groups is 1. The van der Waals surface area contributed by atoms with Crippen molar-refractivity contribution in [1.29, 1.82) is 0 Å². The van der Waals surface area contributed by atoms with Gasteiger partial charge in [-0.05, 0) is 22.3 Å². The normalized spacial score (nSPS) is 19.0. The van der Waals surface area contributed by atoms with Crippen molar-refractivity contribution in [1.82, 2.24) is 19.6 Å². The maximum atomic E-state index is 12.5. The Labute approximate surface area is 176 Å². The zero-order valence-corrected chi connectivity index (χ0v) is 17.6. The van der Waals surface area contributed by atoms with Crippen LogP contribution in [0.3, 0.4) is 0 Å². The summed E-state index contributed by atoms with van der Waals surface area (Å²) >= 11 is 0. The Kier molecular flexibility index (Phi) is 5.83. The molecule has 0 radical (unpaired) electrons. The highest BCUT2D eigenvalue weighted by atomic mass is 16.2. The molecule has 0 N–H and O–H groups in total. The Morgan fingerprint density at radius 2 is 1.43 bits per heavy atom. The van der Waals surface area contributed by atoms with Crippen LogP contribution in [0.2, 0.25) is 0 Å². The third kappa shape index (κ3) is 4.08. The standard InChI is InChI=1S/C23H28N4O3/c1-17(2)14-26-21(28)22(29)27(23(26)30)16-25-12-10-24(11-13-25)15-19-8-5-7-18-6-3-4-9-20(18)19/h3-9,17H,10-16H2,1-2H3. The van der Waals surface area contributed by atoms with Crippen LogP contribution in [0.1, 0.15) is 19.4 Å². The van der Waals surface area contributed by atoms with Crippen LogP contribution < -0.4 is 0 Å². The molecule has 4 rings (SSSR count). The smallest absolute Gasteiger partial charge is 0.297 e. The van der Waals surface area contributed by atoms with Crippen LogP contribution in [0, 0.1) is 5.92 Å². The summed E-state index contributed by atoms with van der Waals surface area (Å²) in [5.41, 5.74) is 1.31. The molecular weight excluding hydrogens is 380 g/mol. The molecule has 0 aliphatic carbocycles. The van der Waals surface area contributed by atoms with E-state index in [-0.39, 0.29) is 19.1 Å². The van der Waals surface area contributed by atoms with Crippen molar-refractivity contribution < 1.29 is 14.4 Å². The van der Waals surface area contributed by atoms with E-state index >= 15 is 0 Å². The lowest BCUT2D eigenvalue weighted by atomic mass is 10.0. The first-order valence-corrected chi connectivity index (χ1v) is 10.5. The largest absolute Gasteiger partial charge is 0.335 e. The van der Waals surface area contributed by atoms with E-state index in [9.17, 15) is 14.4 Å². The minimum absolute atomic E-state index is 0.128. The third-order valence-electron chi connectivity index (χ3n) is 5.76. The summed E-state index contributed by atoms with van der Waals surface area (Å²) in [6, 6.07) is 14.3. The Morgan fingerprint density at radius 1 is 0.800 bits per heavy atom. The number of fused-ring (bicyclic) bond motifs is 1. The molecule has 2 aromatic rings. The average molecular weight is 409 g/mol. The number of imide groups is 2. The number of carbonyl (C=O) groups is 3. The molecule has 7 nitrogen and oxygen atoms in total. The minimum Gasteiger partial charge on any atom is -0.297 e. The molecule has 2 saturated heterocycles. The number of amides is 4. The van der Waals surface area contributed by atoms with Gasteiger partial charge in [0.05, 0.1) is 6.67 Å². The van der Waals surface area contributed by atoms with Crippen molar-refractivity contribution in [2.45, 2.75) is 20.4 Å². The van der Waals surface area contributed by atoms with Gasteiger partial charge >= 0.3 is 17.8 Å². The zero-order chi connectivity index (χ0) is 21.3. The van der Waals surface area contributed by atoms with Gasteiger partial charge in [-0.15, -0.1) is 0 Å². The summed E-state index contributed by atoms with van der Waals surface area (Å²) in [4.78, 5) is 43.6. The van der Waals surface area contributed by atoms with E-state index in [2.05, 4.69) is 52.3 Å².